The molecule has 1 aromatic carbocycles. The summed E-state index contributed by atoms with van der Waals surface area (Å²) in [6.07, 6.45) is 1.98. The first-order valence-corrected chi connectivity index (χ1v) is 8.90. The van der Waals surface area contributed by atoms with Crippen LogP contribution in [-0.4, -0.2) is 29.6 Å². The molecule has 0 spiro atoms. The van der Waals surface area contributed by atoms with Crippen LogP contribution in [0.2, 0.25) is 5.02 Å². The van der Waals surface area contributed by atoms with E-state index in [2.05, 4.69) is 10.5 Å². The summed E-state index contributed by atoms with van der Waals surface area (Å²) in [6, 6.07) is 5.31. The number of aromatic nitrogens is 1. The minimum atomic E-state index is -0.243. The Balaban J connectivity index is 1.93. The molecule has 0 radical (unpaired) electrons. The Morgan fingerprint density at radius 3 is 2.70 bits per heavy atom. The van der Waals surface area contributed by atoms with Gasteiger partial charge < -0.3 is 14.6 Å². The zero-order valence-corrected chi connectivity index (χ0v) is 14.9. The number of hydrogen-bond acceptors (Lipinski definition) is 5. The molecule has 0 aliphatic carbocycles. The number of nitrogens with zero attached hydrogens (tertiary/aromatic N) is 1. The first-order valence-electron chi connectivity index (χ1n) is 7.13. The Bertz CT molecular complexity index is 665. The zero-order valence-electron chi connectivity index (χ0n) is 13.3. The van der Waals surface area contributed by atoms with Crippen molar-refractivity contribution in [1.29, 1.82) is 0 Å². The summed E-state index contributed by atoms with van der Waals surface area (Å²) in [5.41, 5.74) is 2.16. The van der Waals surface area contributed by atoms with Crippen LogP contribution >= 0.6 is 23.4 Å². The van der Waals surface area contributed by atoms with Crippen LogP contribution in [0.15, 0.2) is 22.7 Å². The summed E-state index contributed by atoms with van der Waals surface area (Å²) in [7, 11) is 0. The summed E-state index contributed by atoms with van der Waals surface area (Å²) in [5, 5.41) is 7.27. The number of rotatable bonds is 7. The molecule has 0 aliphatic heterocycles. The number of ether oxygens (including phenoxy) is 1. The number of thioether (sulfide) groups is 1. The number of carbonyl (C=O) groups is 1. The Labute approximate surface area is 144 Å². The molecule has 124 valence electrons. The molecule has 0 atom stereocenters. The first kappa shape index (κ1) is 17.7. The molecule has 0 bridgehead atoms. The summed E-state index contributed by atoms with van der Waals surface area (Å²) >= 11 is 7.79. The summed E-state index contributed by atoms with van der Waals surface area (Å²) in [5.74, 6) is 1.80. The van der Waals surface area contributed by atoms with E-state index in [4.69, 9.17) is 20.9 Å². The third kappa shape index (κ3) is 4.91. The Hall–Kier alpha value is -1.66. The highest BCUT2D eigenvalue weighted by atomic mass is 35.5. The Morgan fingerprint density at radius 1 is 1.35 bits per heavy atom. The van der Waals surface area contributed by atoms with Gasteiger partial charge in [-0.2, -0.15) is 11.8 Å². The third-order valence-corrected chi connectivity index (χ3v) is 4.38. The van der Waals surface area contributed by atoms with Crippen molar-refractivity contribution in [2.24, 2.45) is 0 Å². The maximum atomic E-state index is 11.8. The molecule has 0 fully saturated rings. The Kier molecular flexibility index (Phi) is 6.36. The lowest BCUT2D eigenvalue weighted by molar-refractivity contribution is 0.0947. The van der Waals surface area contributed by atoms with E-state index < -0.39 is 0 Å². The number of hydrogen-bond donors (Lipinski definition) is 1. The van der Waals surface area contributed by atoms with E-state index in [1.54, 1.807) is 17.8 Å². The van der Waals surface area contributed by atoms with Gasteiger partial charge in [-0.15, -0.1) is 0 Å². The summed E-state index contributed by atoms with van der Waals surface area (Å²) in [6.45, 7) is 4.65. The van der Waals surface area contributed by atoms with Crippen molar-refractivity contribution in [1.82, 2.24) is 10.5 Å². The van der Waals surface area contributed by atoms with Crippen LogP contribution in [-0.2, 0) is 6.61 Å². The van der Waals surface area contributed by atoms with Gasteiger partial charge in [-0.25, -0.2) is 0 Å². The molecule has 1 heterocycles. The maximum absolute atomic E-state index is 11.8. The minimum absolute atomic E-state index is 0.200. The van der Waals surface area contributed by atoms with E-state index >= 15 is 0 Å². The molecule has 1 N–H and O–H groups in total. The third-order valence-electron chi connectivity index (χ3n) is 3.17. The van der Waals surface area contributed by atoms with Gasteiger partial charge in [0.2, 0.25) is 0 Å². The Morgan fingerprint density at radius 2 is 2.04 bits per heavy atom. The van der Waals surface area contributed by atoms with E-state index in [-0.39, 0.29) is 18.2 Å². The van der Waals surface area contributed by atoms with Crippen LogP contribution in [0.25, 0.3) is 0 Å². The van der Waals surface area contributed by atoms with E-state index in [9.17, 15) is 4.79 Å². The fourth-order valence-electron chi connectivity index (χ4n) is 1.99. The van der Waals surface area contributed by atoms with Crippen LogP contribution in [0.5, 0.6) is 5.75 Å². The summed E-state index contributed by atoms with van der Waals surface area (Å²) in [4.78, 5) is 11.8. The largest absolute Gasteiger partial charge is 0.486 e. The molecule has 2 rings (SSSR count). The van der Waals surface area contributed by atoms with Gasteiger partial charge in [0.15, 0.2) is 11.5 Å². The second kappa shape index (κ2) is 8.26. The van der Waals surface area contributed by atoms with Crippen molar-refractivity contribution in [2.75, 3.05) is 18.6 Å². The van der Waals surface area contributed by atoms with Crippen LogP contribution in [0, 0.1) is 13.8 Å². The lowest BCUT2D eigenvalue weighted by Gasteiger charge is -2.08. The van der Waals surface area contributed by atoms with Crippen molar-refractivity contribution in [3.05, 3.63) is 45.8 Å². The smallest absolute Gasteiger partial charge is 0.273 e. The predicted octanol–water partition coefficient (Wildman–Crippen LogP) is 3.62. The van der Waals surface area contributed by atoms with E-state index in [1.807, 2.05) is 32.2 Å². The fraction of sp³-hybridized carbons (Fsp3) is 0.375. The van der Waals surface area contributed by atoms with Crippen molar-refractivity contribution < 1.29 is 14.1 Å². The van der Waals surface area contributed by atoms with Crippen LogP contribution in [0.4, 0.5) is 0 Å². The quantitative estimate of drug-likeness (QED) is 0.769. The molecular weight excluding hydrogens is 336 g/mol. The number of benzene rings is 1. The molecule has 1 aromatic heterocycles. The molecule has 7 heteroatoms. The van der Waals surface area contributed by atoms with Crippen molar-refractivity contribution in [3.8, 4) is 5.75 Å². The minimum Gasteiger partial charge on any atom is -0.486 e. The zero-order chi connectivity index (χ0) is 16.8. The van der Waals surface area contributed by atoms with Gasteiger partial charge in [-0.05, 0) is 43.4 Å². The van der Waals surface area contributed by atoms with Crippen molar-refractivity contribution >= 4 is 29.3 Å². The monoisotopic (exact) mass is 354 g/mol. The average molecular weight is 355 g/mol. The molecular formula is C16H19ClN2O3S. The molecule has 0 aliphatic rings. The normalized spacial score (nSPS) is 10.6. The van der Waals surface area contributed by atoms with Gasteiger partial charge in [0.05, 0.1) is 0 Å². The molecule has 0 unspecified atom stereocenters. The predicted molar refractivity (Wildman–Crippen MR) is 92.5 cm³/mol. The van der Waals surface area contributed by atoms with Crippen LogP contribution < -0.4 is 10.1 Å². The van der Waals surface area contributed by atoms with Gasteiger partial charge in [0.1, 0.15) is 12.4 Å². The molecule has 0 saturated carbocycles. The fourth-order valence-corrected chi connectivity index (χ4v) is 2.40. The second-order valence-electron chi connectivity index (χ2n) is 5.09. The van der Waals surface area contributed by atoms with Gasteiger partial charge in [-0.3, -0.25) is 4.79 Å². The first-order chi connectivity index (χ1) is 11.0. The average Bonchev–Trinajstić information content (AvgIpc) is 2.99. The lowest BCUT2D eigenvalue weighted by Crippen LogP contribution is -2.25. The highest BCUT2D eigenvalue weighted by Crippen LogP contribution is 2.26. The molecule has 5 nitrogen and oxygen atoms in total. The van der Waals surface area contributed by atoms with Gasteiger partial charge in [0, 0.05) is 23.4 Å². The van der Waals surface area contributed by atoms with Gasteiger partial charge in [0.25, 0.3) is 5.91 Å². The van der Waals surface area contributed by atoms with E-state index in [0.29, 0.717) is 18.1 Å². The van der Waals surface area contributed by atoms with E-state index in [1.165, 1.54) is 0 Å². The number of aryl methyl sites for hydroxylation is 2. The van der Waals surface area contributed by atoms with Gasteiger partial charge >= 0.3 is 0 Å². The maximum Gasteiger partial charge on any atom is 0.273 e. The van der Waals surface area contributed by atoms with Crippen molar-refractivity contribution in [3.63, 3.8) is 0 Å². The SMILES string of the molecule is CSCCNC(=O)c1cc(COc2cc(C)c(Cl)c(C)c2)on1. The van der Waals surface area contributed by atoms with Crippen molar-refractivity contribution in [2.45, 2.75) is 20.5 Å². The van der Waals surface area contributed by atoms with Gasteiger partial charge in [-0.1, -0.05) is 16.8 Å². The molecule has 0 saturated heterocycles. The number of amides is 1. The second-order valence-corrected chi connectivity index (χ2v) is 6.45. The molecule has 1 amide bonds. The van der Waals surface area contributed by atoms with E-state index in [0.717, 1.165) is 21.9 Å². The van der Waals surface area contributed by atoms with Crippen LogP contribution in [0.1, 0.15) is 27.4 Å². The highest BCUT2D eigenvalue weighted by Gasteiger charge is 2.12. The van der Waals surface area contributed by atoms with Crippen LogP contribution in [0.3, 0.4) is 0 Å². The number of carbonyl (C=O) groups excluding carboxylic acids is 1. The molecule has 23 heavy (non-hydrogen) atoms. The highest BCUT2D eigenvalue weighted by molar-refractivity contribution is 7.98. The topological polar surface area (TPSA) is 64.4 Å². The summed E-state index contributed by atoms with van der Waals surface area (Å²) < 4.78 is 10.8. The lowest BCUT2D eigenvalue weighted by atomic mass is 10.1. The number of halogens is 1. The number of nitrogens with one attached hydrogen (secondary N) is 1. The standard InChI is InChI=1S/C16H19ClN2O3S/c1-10-6-12(7-11(2)15(10)17)21-9-13-8-14(19-22-13)16(20)18-4-5-23-3/h6-8H,4-5,9H2,1-3H3,(H,18,20). The molecule has 2 aromatic rings.